The second-order valence-corrected chi connectivity index (χ2v) is 4.21. The molecule has 5 nitrogen and oxygen atoms in total. The number of carbonyl (C=O) groups excluding carboxylic acids is 1. The average molecular weight is 228 g/mol. The van der Waals surface area contributed by atoms with E-state index in [1.807, 2.05) is 16.7 Å². The van der Waals surface area contributed by atoms with Crippen LogP contribution >= 0.6 is 0 Å². The van der Waals surface area contributed by atoms with Crippen molar-refractivity contribution >= 4 is 11.9 Å². The molecule has 0 aromatic carbocycles. The van der Waals surface area contributed by atoms with Crippen LogP contribution in [0.1, 0.15) is 26.7 Å². The van der Waals surface area contributed by atoms with Gasteiger partial charge in [0.25, 0.3) is 0 Å². The van der Waals surface area contributed by atoms with E-state index in [0.29, 0.717) is 0 Å². The molecule has 1 amide bonds. The first-order valence-corrected chi connectivity index (χ1v) is 5.76. The number of hydrogen-bond donors (Lipinski definition) is 1. The average Bonchev–Trinajstić information content (AvgIpc) is 2.20. The number of carboxylic acids is 1. The molecule has 0 aromatic rings. The molecule has 0 unspecified atom stereocenters. The maximum atomic E-state index is 11.4. The highest BCUT2D eigenvalue weighted by atomic mass is 16.4. The lowest BCUT2D eigenvalue weighted by molar-refractivity contribution is -0.139. The second-order valence-electron chi connectivity index (χ2n) is 4.21. The van der Waals surface area contributed by atoms with Gasteiger partial charge in [0.15, 0.2) is 0 Å². The maximum absolute atomic E-state index is 11.4. The number of likely N-dealkylation sites (tertiary alicyclic amines) is 1. The highest BCUT2D eigenvalue weighted by Crippen LogP contribution is 2.16. The Bertz CT molecular complexity index is 260. The summed E-state index contributed by atoms with van der Waals surface area (Å²) in [6, 6.07) is 0.285. The van der Waals surface area contributed by atoms with Gasteiger partial charge in [-0.25, -0.2) is 0 Å². The number of carbonyl (C=O) groups is 2. The quantitative estimate of drug-likeness (QED) is 0.757. The van der Waals surface area contributed by atoms with E-state index in [1.165, 1.54) is 0 Å². The van der Waals surface area contributed by atoms with E-state index in [9.17, 15) is 9.59 Å². The predicted octanol–water partition coefficient (Wildman–Crippen LogP) is 0.404. The van der Waals surface area contributed by atoms with E-state index in [1.54, 1.807) is 6.92 Å². The molecule has 1 heterocycles. The number of aliphatic carboxylic acids is 1. The molecule has 1 saturated heterocycles. The summed E-state index contributed by atoms with van der Waals surface area (Å²) in [5, 5.41) is 8.67. The van der Waals surface area contributed by atoms with Gasteiger partial charge in [-0.1, -0.05) is 0 Å². The topological polar surface area (TPSA) is 60.9 Å². The smallest absolute Gasteiger partial charge is 0.317 e. The molecule has 92 valence electrons. The van der Waals surface area contributed by atoms with E-state index in [2.05, 4.69) is 0 Å². The standard InChI is InChI=1S/C11H20N2O3/c1-3-13(9(2)14)10-4-6-12(7-5-10)8-11(15)16/h10H,3-8H2,1-2H3,(H,15,16). The van der Waals surface area contributed by atoms with Crippen LogP contribution < -0.4 is 0 Å². The molecule has 16 heavy (non-hydrogen) atoms. The third kappa shape index (κ3) is 3.48. The minimum Gasteiger partial charge on any atom is -0.480 e. The number of nitrogens with zero attached hydrogens (tertiary/aromatic N) is 2. The Labute approximate surface area is 96.0 Å². The Kier molecular flexibility index (Phi) is 4.73. The molecule has 0 atom stereocenters. The third-order valence-electron chi connectivity index (χ3n) is 3.10. The van der Waals surface area contributed by atoms with Crippen LogP contribution in [0.4, 0.5) is 0 Å². The van der Waals surface area contributed by atoms with Crippen molar-refractivity contribution in [1.82, 2.24) is 9.80 Å². The van der Waals surface area contributed by atoms with Crippen LogP contribution in [0, 0.1) is 0 Å². The van der Waals surface area contributed by atoms with Crippen molar-refractivity contribution in [3.8, 4) is 0 Å². The van der Waals surface area contributed by atoms with Gasteiger partial charge in [0, 0.05) is 32.6 Å². The van der Waals surface area contributed by atoms with E-state index in [0.717, 1.165) is 32.5 Å². The van der Waals surface area contributed by atoms with Crippen molar-refractivity contribution in [3.63, 3.8) is 0 Å². The Morgan fingerprint density at radius 1 is 1.38 bits per heavy atom. The van der Waals surface area contributed by atoms with Crippen molar-refractivity contribution in [2.45, 2.75) is 32.7 Å². The first-order valence-electron chi connectivity index (χ1n) is 5.76. The zero-order valence-electron chi connectivity index (χ0n) is 9.98. The van der Waals surface area contributed by atoms with Gasteiger partial charge >= 0.3 is 5.97 Å². The normalized spacial score (nSPS) is 18.4. The molecule has 0 aromatic heterocycles. The van der Waals surface area contributed by atoms with Gasteiger partial charge in [-0.05, 0) is 19.8 Å². The predicted molar refractivity (Wildman–Crippen MR) is 60.2 cm³/mol. The molecule has 1 rings (SSSR count). The summed E-state index contributed by atoms with van der Waals surface area (Å²) in [6.07, 6.45) is 1.75. The summed E-state index contributed by atoms with van der Waals surface area (Å²) in [6.45, 7) is 5.94. The summed E-state index contributed by atoms with van der Waals surface area (Å²) >= 11 is 0. The highest BCUT2D eigenvalue weighted by molar-refractivity contribution is 5.73. The number of amides is 1. The number of piperidine rings is 1. The van der Waals surface area contributed by atoms with Crippen LogP contribution in [0.3, 0.4) is 0 Å². The Morgan fingerprint density at radius 3 is 2.31 bits per heavy atom. The lowest BCUT2D eigenvalue weighted by atomic mass is 10.0. The molecule has 0 radical (unpaired) electrons. The molecule has 1 fully saturated rings. The minimum absolute atomic E-state index is 0.110. The van der Waals surface area contributed by atoms with Crippen LogP contribution in [-0.4, -0.2) is 59.0 Å². The Hall–Kier alpha value is -1.10. The monoisotopic (exact) mass is 228 g/mol. The number of carboxylic acid groups (broad SMARTS) is 1. The lowest BCUT2D eigenvalue weighted by Gasteiger charge is -2.37. The van der Waals surface area contributed by atoms with Gasteiger partial charge < -0.3 is 10.0 Å². The molecule has 0 spiro atoms. The molecule has 5 heteroatoms. The van der Waals surface area contributed by atoms with Crippen LogP contribution in [0.5, 0.6) is 0 Å². The van der Waals surface area contributed by atoms with E-state index >= 15 is 0 Å². The zero-order chi connectivity index (χ0) is 12.1. The SMILES string of the molecule is CCN(C(C)=O)C1CCN(CC(=O)O)CC1. The molecule has 1 aliphatic heterocycles. The van der Waals surface area contributed by atoms with Crippen molar-refractivity contribution in [1.29, 1.82) is 0 Å². The van der Waals surface area contributed by atoms with Gasteiger partial charge in [0.1, 0.15) is 0 Å². The largest absolute Gasteiger partial charge is 0.480 e. The van der Waals surface area contributed by atoms with Crippen molar-refractivity contribution < 1.29 is 14.7 Å². The van der Waals surface area contributed by atoms with Crippen LogP contribution in [0.15, 0.2) is 0 Å². The highest BCUT2D eigenvalue weighted by Gasteiger charge is 2.25. The zero-order valence-corrected chi connectivity index (χ0v) is 9.98. The maximum Gasteiger partial charge on any atom is 0.317 e. The van der Waals surface area contributed by atoms with Gasteiger partial charge in [-0.3, -0.25) is 14.5 Å². The van der Waals surface area contributed by atoms with Crippen LogP contribution in [0.25, 0.3) is 0 Å². The second kappa shape index (κ2) is 5.84. The molecule has 1 aliphatic rings. The van der Waals surface area contributed by atoms with Crippen molar-refractivity contribution in [2.75, 3.05) is 26.2 Å². The van der Waals surface area contributed by atoms with Crippen molar-refractivity contribution in [2.24, 2.45) is 0 Å². The Morgan fingerprint density at radius 2 is 1.94 bits per heavy atom. The summed E-state index contributed by atoms with van der Waals surface area (Å²) < 4.78 is 0. The van der Waals surface area contributed by atoms with Crippen LogP contribution in [0.2, 0.25) is 0 Å². The summed E-state index contributed by atoms with van der Waals surface area (Å²) in [5.41, 5.74) is 0. The van der Waals surface area contributed by atoms with Gasteiger partial charge in [-0.2, -0.15) is 0 Å². The Balaban J connectivity index is 2.41. The van der Waals surface area contributed by atoms with Crippen LogP contribution in [-0.2, 0) is 9.59 Å². The van der Waals surface area contributed by atoms with Crippen molar-refractivity contribution in [3.05, 3.63) is 0 Å². The van der Waals surface area contributed by atoms with E-state index in [-0.39, 0.29) is 18.5 Å². The fourth-order valence-corrected chi connectivity index (χ4v) is 2.32. The summed E-state index contributed by atoms with van der Waals surface area (Å²) in [5.74, 6) is -0.670. The third-order valence-corrected chi connectivity index (χ3v) is 3.10. The molecular weight excluding hydrogens is 208 g/mol. The molecule has 1 N–H and O–H groups in total. The van der Waals surface area contributed by atoms with Gasteiger partial charge in [0.2, 0.25) is 5.91 Å². The fourth-order valence-electron chi connectivity index (χ4n) is 2.32. The minimum atomic E-state index is -0.780. The number of hydrogen-bond acceptors (Lipinski definition) is 3. The summed E-state index contributed by atoms with van der Waals surface area (Å²) in [4.78, 5) is 25.7. The van der Waals surface area contributed by atoms with E-state index < -0.39 is 5.97 Å². The fraction of sp³-hybridized carbons (Fsp3) is 0.818. The summed E-state index contributed by atoms with van der Waals surface area (Å²) in [7, 11) is 0. The first kappa shape index (κ1) is 13.0. The van der Waals surface area contributed by atoms with E-state index in [4.69, 9.17) is 5.11 Å². The van der Waals surface area contributed by atoms with Gasteiger partial charge in [0.05, 0.1) is 6.54 Å². The lowest BCUT2D eigenvalue weighted by Crippen LogP contribution is -2.47. The first-order chi connectivity index (χ1) is 7.54. The number of rotatable bonds is 4. The molecule has 0 bridgehead atoms. The molecular formula is C11H20N2O3. The molecule has 0 aliphatic carbocycles. The molecule has 0 saturated carbocycles. The van der Waals surface area contributed by atoms with Gasteiger partial charge in [-0.15, -0.1) is 0 Å².